The van der Waals surface area contributed by atoms with Crippen LogP contribution in [0.15, 0.2) is 146 Å². The third-order valence-corrected chi connectivity index (χ3v) is 13.3. The lowest BCUT2D eigenvalue weighted by Crippen LogP contribution is -2.30. The van der Waals surface area contributed by atoms with Gasteiger partial charge in [-0.1, -0.05) is 276 Å². The molecule has 6 heteroatoms. The highest BCUT2D eigenvalue weighted by molar-refractivity contribution is 5.71. The van der Waals surface area contributed by atoms with Gasteiger partial charge in [0.2, 0.25) is 0 Å². The first-order valence-corrected chi connectivity index (χ1v) is 32.3. The predicted octanol–water partition coefficient (Wildman–Crippen LogP) is 22.3. The zero-order valence-electron chi connectivity index (χ0n) is 51.1. The van der Waals surface area contributed by atoms with E-state index in [1.807, 2.05) is 0 Å². The largest absolute Gasteiger partial charge is 0.462 e. The average molecular weight is 1090 g/mol. The summed E-state index contributed by atoms with van der Waals surface area (Å²) in [7, 11) is 0. The number of carbonyl (C=O) groups excluding carboxylic acids is 3. The minimum absolute atomic E-state index is 0.0970. The van der Waals surface area contributed by atoms with Crippen LogP contribution in [0.4, 0.5) is 0 Å². The molecule has 0 N–H and O–H groups in total. The van der Waals surface area contributed by atoms with Crippen LogP contribution in [0.2, 0.25) is 0 Å². The van der Waals surface area contributed by atoms with E-state index in [9.17, 15) is 14.4 Å². The molecule has 0 aromatic carbocycles. The van der Waals surface area contributed by atoms with Crippen LogP contribution in [0.5, 0.6) is 0 Å². The van der Waals surface area contributed by atoms with E-state index in [4.69, 9.17) is 14.2 Å². The highest BCUT2D eigenvalue weighted by atomic mass is 16.6. The molecule has 0 amide bonds. The summed E-state index contributed by atoms with van der Waals surface area (Å²) >= 11 is 0. The maximum absolute atomic E-state index is 12.8. The first kappa shape index (κ1) is 74.3. The lowest BCUT2D eigenvalue weighted by Gasteiger charge is -2.18. The molecular weight excluding hydrogens is 973 g/mol. The molecule has 0 saturated carbocycles. The second kappa shape index (κ2) is 65.8. The van der Waals surface area contributed by atoms with Crippen molar-refractivity contribution in [3.63, 3.8) is 0 Å². The lowest BCUT2D eigenvalue weighted by atomic mass is 10.0. The van der Waals surface area contributed by atoms with Gasteiger partial charge in [0.1, 0.15) is 13.2 Å². The van der Waals surface area contributed by atoms with Gasteiger partial charge in [0.15, 0.2) is 6.10 Å². The van der Waals surface area contributed by atoms with Crippen LogP contribution in [0.25, 0.3) is 0 Å². The maximum atomic E-state index is 12.8. The van der Waals surface area contributed by atoms with Gasteiger partial charge < -0.3 is 14.2 Å². The van der Waals surface area contributed by atoms with Gasteiger partial charge in [-0.15, -0.1) is 0 Å². The normalized spacial score (nSPS) is 13.1. The quantitative estimate of drug-likeness (QED) is 0.0261. The van der Waals surface area contributed by atoms with Gasteiger partial charge in [-0.25, -0.2) is 0 Å². The molecular formula is C73H118O6. The fourth-order valence-corrected chi connectivity index (χ4v) is 8.50. The molecule has 0 aliphatic heterocycles. The van der Waals surface area contributed by atoms with Crippen molar-refractivity contribution < 1.29 is 28.6 Å². The molecule has 0 rings (SSSR count). The minimum Gasteiger partial charge on any atom is -0.462 e. The summed E-state index contributed by atoms with van der Waals surface area (Å²) in [6.45, 7) is 6.39. The lowest BCUT2D eigenvalue weighted by molar-refractivity contribution is -0.167. The van der Waals surface area contributed by atoms with Gasteiger partial charge in [-0.2, -0.15) is 0 Å². The van der Waals surface area contributed by atoms with Gasteiger partial charge in [0.25, 0.3) is 0 Å². The molecule has 6 nitrogen and oxygen atoms in total. The number of unbranched alkanes of at least 4 members (excludes halogenated alkanes) is 22. The van der Waals surface area contributed by atoms with E-state index in [1.54, 1.807) is 0 Å². The van der Waals surface area contributed by atoms with Crippen LogP contribution in [0, 0.1) is 0 Å². The Labute approximate surface area is 487 Å². The van der Waals surface area contributed by atoms with Crippen LogP contribution in [0.3, 0.4) is 0 Å². The maximum Gasteiger partial charge on any atom is 0.306 e. The Kier molecular flexibility index (Phi) is 61.9. The first-order valence-electron chi connectivity index (χ1n) is 32.3. The molecule has 1 unspecified atom stereocenters. The number of allylic oxidation sites excluding steroid dienone is 24. The molecule has 79 heavy (non-hydrogen) atoms. The van der Waals surface area contributed by atoms with Gasteiger partial charge in [0, 0.05) is 19.3 Å². The molecule has 0 radical (unpaired) electrons. The van der Waals surface area contributed by atoms with Crippen LogP contribution in [-0.4, -0.2) is 37.2 Å². The summed E-state index contributed by atoms with van der Waals surface area (Å²) in [5.41, 5.74) is 0. The summed E-state index contributed by atoms with van der Waals surface area (Å²) < 4.78 is 16.7. The Hall–Kier alpha value is -4.71. The van der Waals surface area contributed by atoms with Crippen molar-refractivity contribution >= 4 is 17.9 Å². The number of ether oxygens (including phenoxy) is 3. The van der Waals surface area contributed by atoms with E-state index in [0.717, 1.165) is 135 Å². The molecule has 0 bridgehead atoms. The highest BCUT2D eigenvalue weighted by Crippen LogP contribution is 2.15. The van der Waals surface area contributed by atoms with Gasteiger partial charge in [0.05, 0.1) is 0 Å². The van der Waals surface area contributed by atoms with Crippen molar-refractivity contribution in [2.45, 2.75) is 284 Å². The molecule has 0 heterocycles. The van der Waals surface area contributed by atoms with Crippen molar-refractivity contribution in [2.24, 2.45) is 0 Å². The third kappa shape index (κ3) is 64.0. The van der Waals surface area contributed by atoms with E-state index >= 15 is 0 Å². The summed E-state index contributed by atoms with van der Waals surface area (Å²) in [4.78, 5) is 37.9. The van der Waals surface area contributed by atoms with Crippen LogP contribution < -0.4 is 0 Å². The van der Waals surface area contributed by atoms with E-state index in [-0.39, 0.29) is 31.1 Å². The monoisotopic (exact) mass is 1090 g/mol. The summed E-state index contributed by atoms with van der Waals surface area (Å²) in [6.07, 6.45) is 94.8. The molecule has 1 atom stereocenters. The van der Waals surface area contributed by atoms with Gasteiger partial charge >= 0.3 is 17.9 Å². The van der Waals surface area contributed by atoms with Gasteiger partial charge in [-0.05, 0) is 128 Å². The second-order valence-corrected chi connectivity index (χ2v) is 20.9. The highest BCUT2D eigenvalue weighted by Gasteiger charge is 2.19. The average Bonchev–Trinajstić information content (AvgIpc) is 3.45. The number of esters is 3. The Bertz CT molecular complexity index is 1730. The zero-order valence-corrected chi connectivity index (χ0v) is 51.1. The zero-order chi connectivity index (χ0) is 57.1. The number of hydrogen-bond acceptors (Lipinski definition) is 6. The fourth-order valence-electron chi connectivity index (χ4n) is 8.50. The summed E-state index contributed by atoms with van der Waals surface area (Å²) in [5, 5.41) is 0. The summed E-state index contributed by atoms with van der Waals surface area (Å²) in [6, 6.07) is 0. The van der Waals surface area contributed by atoms with Gasteiger partial charge in [-0.3, -0.25) is 14.4 Å². The fraction of sp³-hybridized carbons (Fsp3) is 0.630. The molecule has 0 aromatic heterocycles. The SMILES string of the molecule is CC/C=C\C/C=C\C/C=C\C/C=C\C/C=C\C/C=C\C/C=C\C/C=C\C/C=C\C/C=C\CCCCC(=O)OCC(COC(=O)CCCCCCC)OC(=O)CCCCCCCCCCCCC/C=C\C/C=C\CCCCCCC. The topological polar surface area (TPSA) is 78.9 Å². The standard InChI is InChI=1S/C73H118O6/c1-4-7-10-13-15-17-19-21-23-25-27-29-31-32-33-34-35-36-37-38-39-40-42-43-45-47-49-51-53-55-57-60-63-66-72(75)78-69-70(68-77-71(74)65-62-59-12-9-6-3)79-73(76)67-64-61-58-56-54-52-50-48-46-44-41-30-28-26-24-22-20-18-16-14-11-8-5-2/h7,10,15,17,20-23,26-29,32-33,35-36,38-39,42-43,47,49,53,55,70H,4-6,8-9,11-14,16,18-19,24-25,30-31,34,37,40-41,44-46,48,50-52,54,56-69H2,1-3H3/b10-7-,17-15-,22-20-,23-21-,28-26-,29-27-,33-32-,36-35-,39-38-,43-42-,49-47-,55-53-. The smallest absolute Gasteiger partial charge is 0.306 e. The molecule has 0 fully saturated rings. The van der Waals surface area contributed by atoms with Crippen molar-refractivity contribution in [1.82, 2.24) is 0 Å². The molecule has 0 spiro atoms. The Balaban J connectivity index is 4.17. The van der Waals surface area contributed by atoms with E-state index in [0.29, 0.717) is 25.7 Å². The van der Waals surface area contributed by atoms with E-state index in [1.165, 1.54) is 96.3 Å². The van der Waals surface area contributed by atoms with Crippen molar-refractivity contribution in [3.8, 4) is 0 Å². The van der Waals surface area contributed by atoms with Crippen LogP contribution in [-0.2, 0) is 28.6 Å². The Morgan fingerprint density at radius 3 is 0.797 bits per heavy atom. The van der Waals surface area contributed by atoms with Crippen molar-refractivity contribution in [1.29, 1.82) is 0 Å². The van der Waals surface area contributed by atoms with Crippen molar-refractivity contribution in [3.05, 3.63) is 146 Å². The van der Waals surface area contributed by atoms with Crippen LogP contribution in [0.1, 0.15) is 278 Å². The molecule has 0 aromatic rings. The molecule has 0 aliphatic carbocycles. The minimum atomic E-state index is -0.799. The van der Waals surface area contributed by atoms with E-state index < -0.39 is 6.10 Å². The number of carbonyl (C=O) groups is 3. The molecule has 0 saturated heterocycles. The second-order valence-electron chi connectivity index (χ2n) is 20.9. The Morgan fingerprint density at radius 1 is 0.266 bits per heavy atom. The van der Waals surface area contributed by atoms with Crippen LogP contribution >= 0.6 is 0 Å². The first-order chi connectivity index (χ1) is 39.0. The molecule has 446 valence electrons. The predicted molar refractivity (Wildman–Crippen MR) is 343 cm³/mol. The van der Waals surface area contributed by atoms with E-state index in [2.05, 4.69) is 167 Å². The number of rotatable bonds is 57. The summed E-state index contributed by atoms with van der Waals surface area (Å²) in [5.74, 6) is -0.960. The Morgan fingerprint density at radius 2 is 0.494 bits per heavy atom. The number of hydrogen-bond donors (Lipinski definition) is 0. The third-order valence-electron chi connectivity index (χ3n) is 13.3. The molecule has 0 aliphatic rings. The van der Waals surface area contributed by atoms with Crippen molar-refractivity contribution in [2.75, 3.05) is 13.2 Å².